The summed E-state index contributed by atoms with van der Waals surface area (Å²) >= 11 is 0. The summed E-state index contributed by atoms with van der Waals surface area (Å²) in [5.74, 6) is 0.420. The third-order valence-corrected chi connectivity index (χ3v) is 5.15. The number of fused-ring (bicyclic) bond motifs is 1. The number of nitrogens with one attached hydrogen (secondary N) is 1. The van der Waals surface area contributed by atoms with Gasteiger partial charge in [0.15, 0.2) is 11.5 Å². The quantitative estimate of drug-likeness (QED) is 0.733. The summed E-state index contributed by atoms with van der Waals surface area (Å²) in [6, 6.07) is 9.10. The highest BCUT2D eigenvalue weighted by Crippen LogP contribution is 2.41. The third-order valence-electron chi connectivity index (χ3n) is 5.15. The molecule has 30 heavy (non-hydrogen) atoms. The minimum absolute atomic E-state index is 0.0822. The van der Waals surface area contributed by atoms with Crippen molar-refractivity contribution >= 4 is 12.0 Å². The van der Waals surface area contributed by atoms with Crippen LogP contribution < -0.4 is 14.8 Å². The molecule has 1 aliphatic rings. The molecule has 0 spiro atoms. The first kappa shape index (κ1) is 21.4. The van der Waals surface area contributed by atoms with Gasteiger partial charge in [-0.3, -0.25) is 4.79 Å². The SMILES string of the molecule is COC(=O)CCNC(=O)N1CCc2cc(OC)c(OC)cc2[C@@H]1c1ccc(F)cc1. The number of benzene rings is 2. The molecule has 0 saturated carbocycles. The van der Waals surface area contributed by atoms with Gasteiger partial charge >= 0.3 is 12.0 Å². The van der Waals surface area contributed by atoms with Crippen molar-refractivity contribution in [3.05, 3.63) is 58.9 Å². The smallest absolute Gasteiger partial charge is 0.318 e. The van der Waals surface area contributed by atoms with E-state index in [1.807, 2.05) is 12.1 Å². The molecule has 0 radical (unpaired) electrons. The first-order valence-corrected chi connectivity index (χ1v) is 9.60. The van der Waals surface area contributed by atoms with E-state index in [9.17, 15) is 14.0 Å². The summed E-state index contributed by atoms with van der Waals surface area (Å²) in [7, 11) is 4.43. The maximum absolute atomic E-state index is 13.5. The Morgan fingerprint density at radius 2 is 1.77 bits per heavy atom. The average Bonchev–Trinajstić information content (AvgIpc) is 2.77. The Kier molecular flexibility index (Phi) is 6.76. The van der Waals surface area contributed by atoms with E-state index in [4.69, 9.17) is 9.47 Å². The monoisotopic (exact) mass is 416 g/mol. The van der Waals surface area contributed by atoms with Gasteiger partial charge < -0.3 is 24.4 Å². The number of nitrogens with zero attached hydrogens (tertiary/aromatic N) is 1. The van der Waals surface area contributed by atoms with E-state index in [0.29, 0.717) is 24.5 Å². The Morgan fingerprint density at radius 1 is 1.10 bits per heavy atom. The lowest BCUT2D eigenvalue weighted by atomic mass is 9.88. The fourth-order valence-electron chi connectivity index (χ4n) is 3.64. The number of methoxy groups -OCH3 is 3. The van der Waals surface area contributed by atoms with Gasteiger partial charge in [0.05, 0.1) is 33.8 Å². The highest BCUT2D eigenvalue weighted by Gasteiger charge is 2.33. The molecule has 1 N–H and O–H groups in total. The molecule has 1 aliphatic heterocycles. The van der Waals surface area contributed by atoms with Gasteiger partial charge in [0.25, 0.3) is 0 Å². The Labute approximate surface area is 174 Å². The molecule has 1 atom stereocenters. The lowest BCUT2D eigenvalue weighted by Gasteiger charge is -2.38. The van der Waals surface area contributed by atoms with Gasteiger partial charge in [-0.1, -0.05) is 12.1 Å². The van der Waals surface area contributed by atoms with Gasteiger partial charge in [0.2, 0.25) is 0 Å². The van der Waals surface area contributed by atoms with Gasteiger partial charge in [-0.25, -0.2) is 9.18 Å². The second-order valence-corrected chi connectivity index (χ2v) is 6.86. The zero-order valence-electron chi connectivity index (χ0n) is 17.2. The maximum atomic E-state index is 13.5. The molecule has 2 aromatic rings. The van der Waals surface area contributed by atoms with Crippen molar-refractivity contribution in [1.82, 2.24) is 10.2 Å². The molecule has 0 fully saturated rings. The molecule has 0 bridgehead atoms. The molecule has 2 aromatic carbocycles. The molecule has 2 amide bonds. The highest BCUT2D eigenvalue weighted by atomic mass is 19.1. The van der Waals surface area contributed by atoms with E-state index in [1.54, 1.807) is 31.3 Å². The number of carbonyl (C=O) groups excluding carboxylic acids is 2. The van der Waals surface area contributed by atoms with Crippen LogP contribution in [0.3, 0.4) is 0 Å². The minimum Gasteiger partial charge on any atom is -0.493 e. The number of amides is 2. The van der Waals surface area contributed by atoms with Crippen molar-refractivity contribution in [2.45, 2.75) is 18.9 Å². The molecule has 0 aromatic heterocycles. The van der Waals surface area contributed by atoms with Crippen molar-refractivity contribution in [2.24, 2.45) is 0 Å². The fourth-order valence-corrected chi connectivity index (χ4v) is 3.64. The molecule has 0 unspecified atom stereocenters. The zero-order valence-corrected chi connectivity index (χ0v) is 17.2. The Hall–Kier alpha value is -3.29. The zero-order chi connectivity index (χ0) is 21.7. The van der Waals surface area contributed by atoms with Crippen LogP contribution in [0.5, 0.6) is 11.5 Å². The van der Waals surface area contributed by atoms with Gasteiger partial charge in [-0.05, 0) is 47.4 Å². The molecular formula is C22H25FN2O5. The van der Waals surface area contributed by atoms with Crippen LogP contribution in [-0.4, -0.2) is 51.3 Å². The summed E-state index contributed by atoms with van der Waals surface area (Å²) in [6.45, 7) is 0.617. The molecule has 160 valence electrons. The molecule has 0 aliphatic carbocycles. The normalized spacial score (nSPS) is 15.2. The van der Waals surface area contributed by atoms with Crippen LogP contribution in [0.15, 0.2) is 36.4 Å². The number of hydrogen-bond donors (Lipinski definition) is 1. The molecule has 8 heteroatoms. The summed E-state index contributed by atoms with van der Waals surface area (Å²) < 4.78 is 29.0. The van der Waals surface area contributed by atoms with Crippen molar-refractivity contribution in [2.75, 3.05) is 34.4 Å². The standard InChI is InChI=1S/C22H25FN2O5/c1-28-18-12-15-9-11-25(22(27)24-10-8-20(26)30-3)21(17(15)13-19(18)29-2)14-4-6-16(23)7-5-14/h4-7,12-13,21H,8-11H2,1-3H3,(H,24,27)/t21-/m0/s1. The van der Waals surface area contributed by atoms with Gasteiger partial charge in [-0.2, -0.15) is 0 Å². The van der Waals surface area contributed by atoms with Crippen molar-refractivity contribution in [3.63, 3.8) is 0 Å². The average molecular weight is 416 g/mol. The van der Waals surface area contributed by atoms with Gasteiger partial charge in [0, 0.05) is 13.1 Å². The first-order chi connectivity index (χ1) is 14.5. The van der Waals surface area contributed by atoms with E-state index < -0.39 is 12.0 Å². The Morgan fingerprint density at radius 3 is 2.40 bits per heavy atom. The summed E-state index contributed by atoms with van der Waals surface area (Å²) in [5.41, 5.74) is 2.68. The van der Waals surface area contributed by atoms with Crippen LogP contribution in [0.1, 0.15) is 29.2 Å². The third kappa shape index (κ3) is 4.48. The Bertz CT molecular complexity index is 916. The number of ether oxygens (including phenoxy) is 3. The Balaban J connectivity index is 1.96. The van der Waals surface area contributed by atoms with Crippen molar-refractivity contribution in [3.8, 4) is 11.5 Å². The molecule has 1 heterocycles. The van der Waals surface area contributed by atoms with E-state index >= 15 is 0 Å². The largest absolute Gasteiger partial charge is 0.493 e. The number of rotatable bonds is 6. The second kappa shape index (κ2) is 9.47. The van der Waals surface area contributed by atoms with Crippen LogP contribution in [0.2, 0.25) is 0 Å². The maximum Gasteiger partial charge on any atom is 0.318 e. The van der Waals surface area contributed by atoms with E-state index in [-0.39, 0.29) is 24.8 Å². The minimum atomic E-state index is -0.438. The lowest BCUT2D eigenvalue weighted by Crippen LogP contribution is -2.46. The summed E-state index contributed by atoms with van der Waals surface area (Å²) in [4.78, 5) is 26.0. The second-order valence-electron chi connectivity index (χ2n) is 6.86. The van der Waals surface area contributed by atoms with Crippen LogP contribution in [-0.2, 0) is 16.0 Å². The van der Waals surface area contributed by atoms with E-state index in [0.717, 1.165) is 16.7 Å². The highest BCUT2D eigenvalue weighted by molar-refractivity contribution is 5.77. The number of urea groups is 1. The summed E-state index contributed by atoms with van der Waals surface area (Å²) in [6.07, 6.45) is 0.705. The fraction of sp³-hybridized carbons (Fsp3) is 0.364. The predicted octanol–water partition coefficient (Wildman–Crippen LogP) is 3.06. The van der Waals surface area contributed by atoms with E-state index in [1.165, 1.54) is 19.2 Å². The number of hydrogen-bond acceptors (Lipinski definition) is 5. The first-order valence-electron chi connectivity index (χ1n) is 9.60. The van der Waals surface area contributed by atoms with Crippen LogP contribution in [0.25, 0.3) is 0 Å². The van der Waals surface area contributed by atoms with Gasteiger partial charge in [-0.15, -0.1) is 0 Å². The predicted molar refractivity (Wildman–Crippen MR) is 108 cm³/mol. The van der Waals surface area contributed by atoms with Crippen LogP contribution in [0.4, 0.5) is 9.18 Å². The number of carbonyl (C=O) groups is 2. The molecule has 7 nitrogen and oxygen atoms in total. The number of esters is 1. The van der Waals surface area contributed by atoms with Crippen molar-refractivity contribution in [1.29, 1.82) is 0 Å². The van der Waals surface area contributed by atoms with Crippen LogP contribution in [0, 0.1) is 5.82 Å². The lowest BCUT2D eigenvalue weighted by molar-refractivity contribution is -0.140. The van der Waals surface area contributed by atoms with Crippen LogP contribution >= 0.6 is 0 Å². The van der Waals surface area contributed by atoms with Gasteiger partial charge in [0.1, 0.15) is 5.82 Å². The topological polar surface area (TPSA) is 77.1 Å². The van der Waals surface area contributed by atoms with E-state index in [2.05, 4.69) is 10.1 Å². The number of halogens is 1. The van der Waals surface area contributed by atoms with Crippen molar-refractivity contribution < 1.29 is 28.2 Å². The molecule has 0 saturated heterocycles. The molecule has 3 rings (SSSR count). The summed E-state index contributed by atoms with van der Waals surface area (Å²) in [5, 5.41) is 2.77. The molecular weight excluding hydrogens is 391 g/mol.